The van der Waals surface area contributed by atoms with Crippen LogP contribution in [0.25, 0.3) is 5.57 Å². The number of amides is 1. The smallest absolute Gasteiger partial charge is 0.257 e. The second-order valence-corrected chi connectivity index (χ2v) is 9.93. The number of anilines is 1. The van der Waals surface area contributed by atoms with Gasteiger partial charge in [-0.15, -0.1) is 0 Å². The Hall–Kier alpha value is -1.74. The zero-order chi connectivity index (χ0) is 19.4. The number of rotatable bonds is 5. The largest absolute Gasteiger partial charge is 0.381 e. The number of aromatic nitrogens is 1. The van der Waals surface area contributed by atoms with Crippen molar-refractivity contribution in [3.8, 4) is 0 Å². The first-order chi connectivity index (χ1) is 12.8. The molecular formula is C18H19ClN2O4S2. The van der Waals surface area contributed by atoms with Gasteiger partial charge in [-0.25, -0.2) is 13.4 Å². The van der Waals surface area contributed by atoms with Crippen LogP contribution in [0.15, 0.2) is 41.4 Å². The van der Waals surface area contributed by atoms with Crippen molar-refractivity contribution in [3.05, 3.63) is 46.4 Å². The van der Waals surface area contributed by atoms with Crippen molar-refractivity contribution < 1.29 is 17.9 Å². The maximum absolute atomic E-state index is 12.9. The molecule has 0 saturated carbocycles. The number of carbonyl (C=O) groups is 1. The average Bonchev–Trinajstić information content (AvgIpc) is 3.04. The highest BCUT2D eigenvalue weighted by Gasteiger charge is 2.19. The van der Waals surface area contributed by atoms with Gasteiger partial charge in [0.15, 0.2) is 15.0 Å². The van der Waals surface area contributed by atoms with Gasteiger partial charge in [0.1, 0.15) is 4.34 Å². The third kappa shape index (κ3) is 5.38. The number of thiazole rings is 1. The number of hydrogen-bond donors (Lipinski definition) is 1. The first-order valence-corrected chi connectivity index (χ1v) is 11.4. The highest BCUT2D eigenvalue weighted by molar-refractivity contribution is 7.90. The molecule has 1 aromatic carbocycles. The van der Waals surface area contributed by atoms with E-state index in [1.54, 1.807) is 12.1 Å². The number of benzene rings is 1. The van der Waals surface area contributed by atoms with Gasteiger partial charge in [0.25, 0.3) is 5.91 Å². The number of halogens is 1. The first kappa shape index (κ1) is 20.0. The molecule has 1 aliphatic heterocycles. The Kier molecular flexibility index (Phi) is 6.31. The van der Waals surface area contributed by atoms with Crippen LogP contribution in [0.5, 0.6) is 0 Å². The van der Waals surface area contributed by atoms with Gasteiger partial charge in [-0.05, 0) is 36.5 Å². The molecule has 0 unspecified atom stereocenters. The number of sulfone groups is 1. The Morgan fingerprint density at radius 2 is 1.96 bits per heavy atom. The summed E-state index contributed by atoms with van der Waals surface area (Å²) in [6.07, 6.45) is 6.23. The lowest BCUT2D eigenvalue weighted by Crippen LogP contribution is -2.18. The van der Waals surface area contributed by atoms with E-state index >= 15 is 0 Å². The highest BCUT2D eigenvalue weighted by Crippen LogP contribution is 2.27. The van der Waals surface area contributed by atoms with Crippen molar-refractivity contribution in [2.24, 2.45) is 5.92 Å². The molecule has 0 bridgehead atoms. The Labute approximate surface area is 167 Å². The van der Waals surface area contributed by atoms with E-state index in [0.29, 0.717) is 33.8 Å². The number of allylic oxidation sites excluding steroid dienone is 1. The number of ether oxygens (including phenoxy) is 1. The van der Waals surface area contributed by atoms with Gasteiger partial charge in [0.2, 0.25) is 0 Å². The minimum atomic E-state index is -3.30. The molecule has 2 aromatic rings. The van der Waals surface area contributed by atoms with Crippen LogP contribution in [-0.2, 0) is 19.4 Å². The second-order valence-electron chi connectivity index (χ2n) is 6.25. The molecule has 0 radical (unpaired) electrons. The van der Waals surface area contributed by atoms with Crippen molar-refractivity contribution in [1.82, 2.24) is 4.98 Å². The summed E-state index contributed by atoms with van der Waals surface area (Å²) in [5.41, 5.74) is 1.13. The van der Waals surface area contributed by atoms with Crippen LogP contribution in [0.1, 0.15) is 18.4 Å². The van der Waals surface area contributed by atoms with E-state index in [9.17, 15) is 13.2 Å². The normalized spacial score (nSPS) is 16.3. The van der Waals surface area contributed by atoms with Gasteiger partial charge >= 0.3 is 0 Å². The molecule has 0 spiro atoms. The van der Waals surface area contributed by atoms with E-state index in [4.69, 9.17) is 16.3 Å². The van der Waals surface area contributed by atoms with Crippen LogP contribution >= 0.6 is 22.9 Å². The molecule has 3 rings (SSSR count). The van der Waals surface area contributed by atoms with E-state index in [1.165, 1.54) is 29.7 Å². The van der Waals surface area contributed by atoms with E-state index in [0.717, 1.165) is 19.1 Å². The van der Waals surface area contributed by atoms with Crippen LogP contribution in [0.4, 0.5) is 5.13 Å². The van der Waals surface area contributed by atoms with E-state index in [-0.39, 0.29) is 16.7 Å². The van der Waals surface area contributed by atoms with Gasteiger partial charge in [-0.1, -0.05) is 41.1 Å². The average molecular weight is 427 g/mol. The lowest BCUT2D eigenvalue weighted by molar-refractivity contribution is -0.111. The van der Waals surface area contributed by atoms with Gasteiger partial charge in [-0.3, -0.25) is 10.1 Å². The van der Waals surface area contributed by atoms with E-state index in [1.807, 2.05) is 6.08 Å². The van der Waals surface area contributed by atoms with E-state index < -0.39 is 9.84 Å². The molecule has 144 valence electrons. The van der Waals surface area contributed by atoms with Crippen LogP contribution in [0.3, 0.4) is 0 Å². The zero-order valence-electron chi connectivity index (χ0n) is 14.6. The summed E-state index contributed by atoms with van der Waals surface area (Å²) in [5, 5.41) is 3.17. The third-order valence-corrected chi connectivity index (χ3v) is 6.36. The summed E-state index contributed by atoms with van der Waals surface area (Å²) in [7, 11) is -3.30. The number of nitrogens with one attached hydrogen (secondary N) is 1. The van der Waals surface area contributed by atoms with Gasteiger partial charge in [0.05, 0.1) is 11.1 Å². The fourth-order valence-electron chi connectivity index (χ4n) is 2.78. The topological polar surface area (TPSA) is 85.4 Å². The van der Waals surface area contributed by atoms with Gasteiger partial charge < -0.3 is 4.74 Å². The lowest BCUT2D eigenvalue weighted by atomic mass is 9.94. The molecule has 1 N–H and O–H groups in total. The molecule has 1 aromatic heterocycles. The van der Waals surface area contributed by atoms with Crippen molar-refractivity contribution in [2.45, 2.75) is 17.7 Å². The molecule has 0 aliphatic carbocycles. The Morgan fingerprint density at radius 1 is 1.30 bits per heavy atom. The molecule has 1 fully saturated rings. The van der Waals surface area contributed by atoms with E-state index in [2.05, 4.69) is 10.3 Å². The summed E-state index contributed by atoms with van der Waals surface area (Å²) >= 11 is 7.05. The highest BCUT2D eigenvalue weighted by atomic mass is 35.5. The summed E-state index contributed by atoms with van der Waals surface area (Å²) < 4.78 is 29.2. The minimum Gasteiger partial charge on any atom is -0.381 e. The summed E-state index contributed by atoms with van der Waals surface area (Å²) in [4.78, 5) is 17.1. The SMILES string of the molecule is CS(=O)(=O)c1ccc(C(=CC2CCOCC2)C(=O)Nc2ncc(Cl)s2)cc1. The number of hydrogen-bond acceptors (Lipinski definition) is 6. The van der Waals surface area contributed by atoms with Gasteiger partial charge in [-0.2, -0.15) is 0 Å². The Bertz CT molecular complexity index is 946. The molecular weight excluding hydrogens is 408 g/mol. The quantitative estimate of drug-likeness (QED) is 0.737. The maximum Gasteiger partial charge on any atom is 0.257 e. The molecule has 0 atom stereocenters. The fourth-order valence-corrected chi connectivity index (χ4v) is 4.22. The first-order valence-electron chi connectivity index (χ1n) is 8.35. The van der Waals surface area contributed by atoms with Crippen LogP contribution in [0.2, 0.25) is 4.34 Å². The monoisotopic (exact) mass is 426 g/mol. The predicted octanol–water partition coefficient (Wildman–Crippen LogP) is 3.65. The molecule has 6 nitrogen and oxygen atoms in total. The standard InChI is InChI=1S/C18H19ClN2O4S2/c1-27(23,24)14-4-2-13(3-5-14)15(10-12-6-8-25-9-7-12)17(22)21-18-20-11-16(19)26-18/h2-5,10-12H,6-9H2,1H3,(H,20,21,22). The summed E-state index contributed by atoms with van der Waals surface area (Å²) in [5.74, 6) is -0.0893. The summed E-state index contributed by atoms with van der Waals surface area (Å²) in [6.45, 7) is 1.32. The third-order valence-electron chi connectivity index (χ3n) is 4.20. The fraction of sp³-hybridized carbons (Fsp3) is 0.333. The molecule has 27 heavy (non-hydrogen) atoms. The molecule has 1 saturated heterocycles. The van der Waals surface area contributed by atoms with Crippen molar-refractivity contribution in [1.29, 1.82) is 0 Å². The zero-order valence-corrected chi connectivity index (χ0v) is 17.0. The van der Waals surface area contributed by atoms with Crippen LogP contribution in [0, 0.1) is 5.92 Å². The van der Waals surface area contributed by atoms with Crippen LogP contribution < -0.4 is 5.32 Å². The second kappa shape index (κ2) is 8.52. The Balaban J connectivity index is 1.91. The molecule has 9 heteroatoms. The molecule has 1 aliphatic rings. The Morgan fingerprint density at radius 3 is 2.52 bits per heavy atom. The maximum atomic E-state index is 12.9. The predicted molar refractivity (Wildman–Crippen MR) is 107 cm³/mol. The van der Waals surface area contributed by atoms with Crippen molar-refractivity contribution in [2.75, 3.05) is 24.8 Å². The van der Waals surface area contributed by atoms with Gasteiger partial charge in [0, 0.05) is 25.0 Å². The minimum absolute atomic E-state index is 0.212. The van der Waals surface area contributed by atoms with Crippen molar-refractivity contribution >= 4 is 49.4 Å². The van der Waals surface area contributed by atoms with Crippen molar-refractivity contribution in [3.63, 3.8) is 0 Å². The molecule has 2 heterocycles. The van der Waals surface area contributed by atoms with Crippen LogP contribution in [-0.4, -0.2) is 38.8 Å². The molecule has 1 amide bonds. The number of carbonyl (C=O) groups excluding carboxylic acids is 1. The summed E-state index contributed by atoms with van der Waals surface area (Å²) in [6, 6.07) is 6.32. The lowest BCUT2D eigenvalue weighted by Gasteiger charge is -2.20. The number of nitrogens with zero attached hydrogens (tertiary/aromatic N) is 1.